The number of carbonyl (C=O) groups is 4. The van der Waals surface area contributed by atoms with E-state index in [1.54, 1.807) is 18.2 Å². The third-order valence-corrected chi connectivity index (χ3v) is 2.96. The lowest BCUT2D eigenvalue weighted by molar-refractivity contribution is -0.119. The van der Waals surface area contributed by atoms with E-state index in [1.807, 2.05) is 0 Å². The lowest BCUT2D eigenvalue weighted by Gasteiger charge is -2.08. The summed E-state index contributed by atoms with van der Waals surface area (Å²) in [6.45, 7) is 4.07. The van der Waals surface area contributed by atoms with Crippen LogP contribution in [0.15, 0.2) is 24.3 Å². The summed E-state index contributed by atoms with van der Waals surface area (Å²) in [6.07, 6.45) is 0. The second-order valence-corrected chi connectivity index (χ2v) is 5.06. The SMILES string of the molecule is CC(=O)NCCNC(=O)c1cccc(C(=O)NCCNC(C)=O)c1. The van der Waals surface area contributed by atoms with Crippen molar-refractivity contribution in [1.82, 2.24) is 21.3 Å². The van der Waals surface area contributed by atoms with Gasteiger partial charge in [0.25, 0.3) is 11.8 Å². The maximum Gasteiger partial charge on any atom is 0.251 e. The van der Waals surface area contributed by atoms with Crippen molar-refractivity contribution < 1.29 is 19.2 Å². The summed E-state index contributed by atoms with van der Waals surface area (Å²) in [5.74, 6) is -0.981. The summed E-state index contributed by atoms with van der Waals surface area (Å²) in [5, 5.41) is 10.4. The van der Waals surface area contributed by atoms with Crippen LogP contribution in [0.1, 0.15) is 34.6 Å². The minimum absolute atomic E-state index is 0.165. The topological polar surface area (TPSA) is 116 Å². The van der Waals surface area contributed by atoms with Crippen molar-refractivity contribution in [2.75, 3.05) is 26.2 Å². The molecule has 0 atom stereocenters. The number of benzene rings is 1. The maximum atomic E-state index is 12.0. The lowest BCUT2D eigenvalue weighted by atomic mass is 10.1. The minimum atomic E-state index is -0.326. The molecule has 0 heterocycles. The minimum Gasteiger partial charge on any atom is -0.355 e. The van der Waals surface area contributed by atoms with Crippen molar-refractivity contribution >= 4 is 23.6 Å². The summed E-state index contributed by atoms with van der Waals surface area (Å²) in [7, 11) is 0. The maximum absolute atomic E-state index is 12.0. The van der Waals surface area contributed by atoms with Gasteiger partial charge in [-0.1, -0.05) is 6.07 Å². The monoisotopic (exact) mass is 334 g/mol. The van der Waals surface area contributed by atoms with E-state index < -0.39 is 0 Å². The first-order valence-electron chi connectivity index (χ1n) is 7.55. The normalized spacial score (nSPS) is 9.75. The number of carbonyl (C=O) groups excluding carboxylic acids is 4. The molecule has 8 heteroatoms. The van der Waals surface area contributed by atoms with E-state index in [0.29, 0.717) is 37.3 Å². The van der Waals surface area contributed by atoms with Crippen LogP contribution in [0.25, 0.3) is 0 Å². The molecule has 8 nitrogen and oxygen atoms in total. The molecule has 4 amide bonds. The molecule has 0 aliphatic heterocycles. The molecule has 0 fully saturated rings. The van der Waals surface area contributed by atoms with Crippen LogP contribution in [0.5, 0.6) is 0 Å². The fourth-order valence-corrected chi connectivity index (χ4v) is 1.83. The van der Waals surface area contributed by atoms with Gasteiger partial charge in [0.1, 0.15) is 0 Å². The van der Waals surface area contributed by atoms with Crippen LogP contribution in [0.3, 0.4) is 0 Å². The summed E-state index contributed by atoms with van der Waals surface area (Å²) in [5.41, 5.74) is 0.708. The highest BCUT2D eigenvalue weighted by Crippen LogP contribution is 2.05. The molecule has 1 aromatic carbocycles. The smallest absolute Gasteiger partial charge is 0.251 e. The standard InChI is InChI=1S/C16H22N4O4/c1-11(21)17-6-8-19-15(23)13-4-3-5-14(10-13)16(24)20-9-7-18-12(2)22/h3-5,10H,6-9H2,1-2H3,(H,17,21)(H,18,22)(H,19,23)(H,20,24). The first-order chi connectivity index (χ1) is 11.4. The van der Waals surface area contributed by atoms with Gasteiger partial charge in [0, 0.05) is 51.2 Å². The van der Waals surface area contributed by atoms with Gasteiger partial charge in [-0.05, 0) is 18.2 Å². The summed E-state index contributed by atoms with van der Waals surface area (Å²) >= 11 is 0. The predicted octanol–water partition coefficient (Wildman–Crippen LogP) is -0.582. The van der Waals surface area contributed by atoms with Crippen molar-refractivity contribution in [3.8, 4) is 0 Å². The van der Waals surface area contributed by atoms with E-state index in [-0.39, 0.29) is 23.6 Å². The van der Waals surface area contributed by atoms with Gasteiger partial charge in [0.2, 0.25) is 11.8 Å². The number of hydrogen-bond donors (Lipinski definition) is 4. The van der Waals surface area contributed by atoms with E-state index in [4.69, 9.17) is 0 Å². The molecule has 0 aliphatic rings. The molecule has 1 rings (SSSR count). The molecule has 0 radical (unpaired) electrons. The van der Waals surface area contributed by atoms with Gasteiger partial charge in [0.05, 0.1) is 0 Å². The molecule has 1 aromatic rings. The van der Waals surface area contributed by atoms with Crippen LogP contribution in [-0.4, -0.2) is 49.8 Å². The molecule has 0 aliphatic carbocycles. The van der Waals surface area contributed by atoms with Gasteiger partial charge in [-0.25, -0.2) is 0 Å². The Morgan fingerprint density at radius 2 is 1.08 bits per heavy atom. The molecule has 0 bridgehead atoms. The Kier molecular flexibility index (Phi) is 7.97. The van der Waals surface area contributed by atoms with Gasteiger partial charge in [-0.15, -0.1) is 0 Å². The summed E-state index contributed by atoms with van der Waals surface area (Å²) < 4.78 is 0. The van der Waals surface area contributed by atoms with E-state index in [9.17, 15) is 19.2 Å². The van der Waals surface area contributed by atoms with Crippen LogP contribution in [0.4, 0.5) is 0 Å². The molecule has 130 valence electrons. The Labute approximate surface area is 140 Å². The Morgan fingerprint density at radius 3 is 1.46 bits per heavy atom. The van der Waals surface area contributed by atoms with Crippen molar-refractivity contribution in [1.29, 1.82) is 0 Å². The zero-order valence-corrected chi connectivity index (χ0v) is 13.8. The van der Waals surface area contributed by atoms with Crippen molar-refractivity contribution in [3.63, 3.8) is 0 Å². The third-order valence-electron chi connectivity index (χ3n) is 2.96. The Hall–Kier alpha value is -2.90. The molecule has 0 spiro atoms. The highest BCUT2D eigenvalue weighted by Gasteiger charge is 2.10. The van der Waals surface area contributed by atoms with Gasteiger partial charge in [0.15, 0.2) is 0 Å². The Morgan fingerprint density at radius 1 is 0.708 bits per heavy atom. The molecule has 4 N–H and O–H groups in total. The lowest BCUT2D eigenvalue weighted by Crippen LogP contribution is -2.34. The van der Waals surface area contributed by atoms with Crippen LogP contribution in [0, 0.1) is 0 Å². The molecular formula is C16H22N4O4. The third kappa shape index (κ3) is 7.39. The molecule has 24 heavy (non-hydrogen) atoms. The van der Waals surface area contributed by atoms with Crippen LogP contribution in [-0.2, 0) is 9.59 Å². The number of hydrogen-bond acceptors (Lipinski definition) is 4. The fourth-order valence-electron chi connectivity index (χ4n) is 1.83. The zero-order valence-electron chi connectivity index (χ0n) is 13.8. The van der Waals surface area contributed by atoms with Gasteiger partial charge in [-0.2, -0.15) is 0 Å². The van der Waals surface area contributed by atoms with Crippen molar-refractivity contribution in [3.05, 3.63) is 35.4 Å². The largest absolute Gasteiger partial charge is 0.355 e. The first-order valence-corrected chi connectivity index (χ1v) is 7.55. The Bertz CT molecular complexity index is 567. The first kappa shape index (κ1) is 19.1. The molecule has 0 aromatic heterocycles. The summed E-state index contributed by atoms with van der Waals surface area (Å²) in [4.78, 5) is 45.5. The Balaban J connectivity index is 2.49. The van der Waals surface area contributed by atoms with E-state index >= 15 is 0 Å². The molecular weight excluding hydrogens is 312 g/mol. The van der Waals surface area contributed by atoms with Gasteiger partial charge >= 0.3 is 0 Å². The highest BCUT2D eigenvalue weighted by atomic mass is 16.2. The van der Waals surface area contributed by atoms with Gasteiger partial charge in [-0.3, -0.25) is 19.2 Å². The number of nitrogens with one attached hydrogen (secondary N) is 4. The number of rotatable bonds is 8. The predicted molar refractivity (Wildman–Crippen MR) is 88.5 cm³/mol. The van der Waals surface area contributed by atoms with Crippen molar-refractivity contribution in [2.45, 2.75) is 13.8 Å². The molecule has 0 saturated heterocycles. The van der Waals surface area contributed by atoms with Crippen LogP contribution < -0.4 is 21.3 Å². The second-order valence-electron chi connectivity index (χ2n) is 5.06. The van der Waals surface area contributed by atoms with Gasteiger partial charge < -0.3 is 21.3 Å². The van der Waals surface area contributed by atoms with E-state index in [0.717, 1.165) is 0 Å². The van der Waals surface area contributed by atoms with Crippen LogP contribution in [0.2, 0.25) is 0 Å². The van der Waals surface area contributed by atoms with Crippen LogP contribution >= 0.6 is 0 Å². The average molecular weight is 334 g/mol. The highest BCUT2D eigenvalue weighted by molar-refractivity contribution is 5.99. The van der Waals surface area contributed by atoms with E-state index in [1.165, 1.54) is 19.9 Å². The molecule has 0 saturated carbocycles. The van der Waals surface area contributed by atoms with E-state index in [2.05, 4.69) is 21.3 Å². The average Bonchev–Trinajstić information content (AvgIpc) is 2.55. The quantitative estimate of drug-likeness (QED) is 0.476. The zero-order chi connectivity index (χ0) is 17.9. The number of amides is 4. The second kappa shape index (κ2) is 9.98. The fraction of sp³-hybridized carbons (Fsp3) is 0.375. The molecule has 0 unspecified atom stereocenters. The summed E-state index contributed by atoms with van der Waals surface area (Å²) in [6, 6.07) is 6.30. The van der Waals surface area contributed by atoms with Crippen molar-refractivity contribution in [2.24, 2.45) is 0 Å².